The molecule has 2 aliphatic carbocycles. The minimum atomic E-state index is 0.494. The van der Waals surface area contributed by atoms with E-state index in [0.717, 1.165) is 32.0 Å². The predicted molar refractivity (Wildman–Crippen MR) is 88.0 cm³/mol. The maximum atomic E-state index is 6.22. The molecular weight excluding hydrogens is 260 g/mol. The van der Waals surface area contributed by atoms with E-state index in [1.807, 2.05) is 0 Å². The maximum Gasteiger partial charge on any atom is 0.0575 e. The molecule has 0 aromatic carbocycles. The van der Waals surface area contributed by atoms with Gasteiger partial charge in [0.05, 0.1) is 12.2 Å². The van der Waals surface area contributed by atoms with Crippen molar-refractivity contribution in [3.05, 3.63) is 13.3 Å². The topological polar surface area (TPSA) is 18.5 Å². The molecule has 0 bridgehead atoms. The number of hydrogen-bond acceptors (Lipinski definition) is 2. The zero-order chi connectivity index (χ0) is 14.8. The number of ether oxygens (including phenoxy) is 2. The summed E-state index contributed by atoms with van der Waals surface area (Å²) in [6.45, 7) is 5.75. The first-order valence-corrected chi connectivity index (χ1v) is 9.22. The fourth-order valence-electron chi connectivity index (χ4n) is 3.55. The Balaban J connectivity index is 1.61. The highest BCUT2D eigenvalue weighted by Crippen LogP contribution is 2.27. The molecule has 3 atom stereocenters. The lowest BCUT2D eigenvalue weighted by Gasteiger charge is -2.20. The number of hydrogen-bond donors (Lipinski definition) is 0. The van der Waals surface area contributed by atoms with Gasteiger partial charge in [0.1, 0.15) is 0 Å². The summed E-state index contributed by atoms with van der Waals surface area (Å²) in [6.07, 6.45) is 18.3. The van der Waals surface area contributed by atoms with E-state index >= 15 is 0 Å². The van der Waals surface area contributed by atoms with Crippen LogP contribution in [0.4, 0.5) is 0 Å². The lowest BCUT2D eigenvalue weighted by Crippen LogP contribution is -2.18. The average molecular weight is 294 g/mol. The van der Waals surface area contributed by atoms with Crippen molar-refractivity contribution < 1.29 is 9.47 Å². The van der Waals surface area contributed by atoms with Gasteiger partial charge in [-0.1, -0.05) is 32.6 Å². The summed E-state index contributed by atoms with van der Waals surface area (Å²) in [4.78, 5) is 0. The third-order valence-corrected chi connectivity index (χ3v) is 4.98. The Kier molecular flexibility index (Phi) is 8.73. The molecule has 21 heavy (non-hydrogen) atoms. The molecule has 0 saturated heterocycles. The molecule has 2 radical (unpaired) electrons. The summed E-state index contributed by atoms with van der Waals surface area (Å²) in [6, 6.07) is 0. The van der Waals surface area contributed by atoms with Gasteiger partial charge in [0.15, 0.2) is 0 Å². The molecule has 0 aliphatic heterocycles. The van der Waals surface area contributed by atoms with Gasteiger partial charge in [0.25, 0.3) is 0 Å². The van der Waals surface area contributed by atoms with E-state index < -0.39 is 0 Å². The van der Waals surface area contributed by atoms with Crippen LogP contribution in [0, 0.1) is 19.3 Å². The molecule has 2 aliphatic rings. The van der Waals surface area contributed by atoms with Gasteiger partial charge in [0, 0.05) is 13.2 Å². The normalized spacial score (nSPS) is 29.0. The van der Waals surface area contributed by atoms with Crippen molar-refractivity contribution in [2.24, 2.45) is 5.92 Å². The second kappa shape index (κ2) is 10.6. The third kappa shape index (κ3) is 7.15. The second-order valence-corrected chi connectivity index (χ2v) is 6.83. The van der Waals surface area contributed by atoms with Crippen molar-refractivity contribution in [2.75, 3.05) is 13.2 Å². The maximum absolute atomic E-state index is 6.22. The molecule has 0 aromatic rings. The molecule has 2 rings (SSSR count). The second-order valence-electron chi connectivity index (χ2n) is 6.83. The summed E-state index contributed by atoms with van der Waals surface area (Å²) in [5, 5.41) is 0. The van der Waals surface area contributed by atoms with Gasteiger partial charge in [-0.25, -0.2) is 0 Å². The van der Waals surface area contributed by atoms with Crippen LogP contribution in [0.5, 0.6) is 0 Å². The van der Waals surface area contributed by atoms with E-state index in [4.69, 9.17) is 9.47 Å². The van der Waals surface area contributed by atoms with Crippen LogP contribution < -0.4 is 0 Å². The standard InChI is InChI=1S/C19H34O2/c1-2-3-15-20-19-12-8-9-17(13-14-19)16-21-18-10-6-4-5-7-11-18/h4,17-19H,1-3,5-16H2. The number of rotatable bonds is 7. The van der Waals surface area contributed by atoms with Gasteiger partial charge in [-0.15, -0.1) is 0 Å². The summed E-state index contributed by atoms with van der Waals surface area (Å²) < 4.78 is 12.2. The van der Waals surface area contributed by atoms with E-state index in [1.165, 1.54) is 64.2 Å². The minimum Gasteiger partial charge on any atom is -0.378 e. The molecule has 2 heteroatoms. The van der Waals surface area contributed by atoms with Crippen LogP contribution >= 0.6 is 0 Å². The quantitative estimate of drug-likeness (QED) is 0.479. The van der Waals surface area contributed by atoms with Crippen molar-refractivity contribution in [1.82, 2.24) is 0 Å². The highest BCUT2D eigenvalue weighted by Gasteiger charge is 2.21. The Morgan fingerprint density at radius 2 is 1.71 bits per heavy atom. The third-order valence-electron chi connectivity index (χ3n) is 4.98. The van der Waals surface area contributed by atoms with Crippen LogP contribution in [-0.2, 0) is 9.47 Å². The van der Waals surface area contributed by atoms with Crippen molar-refractivity contribution >= 4 is 0 Å². The first kappa shape index (κ1) is 17.3. The molecule has 0 N–H and O–H groups in total. The smallest absolute Gasteiger partial charge is 0.0575 e. The molecule has 0 amide bonds. The van der Waals surface area contributed by atoms with E-state index in [0.29, 0.717) is 12.2 Å². The lowest BCUT2D eigenvalue weighted by molar-refractivity contribution is 0.0142. The van der Waals surface area contributed by atoms with E-state index in [1.54, 1.807) is 0 Å². The van der Waals surface area contributed by atoms with E-state index in [2.05, 4.69) is 13.3 Å². The monoisotopic (exact) mass is 294 g/mol. The first-order chi connectivity index (χ1) is 10.4. The van der Waals surface area contributed by atoms with Crippen LogP contribution in [-0.4, -0.2) is 25.4 Å². The molecule has 0 heterocycles. The van der Waals surface area contributed by atoms with Crippen molar-refractivity contribution in [3.63, 3.8) is 0 Å². The minimum absolute atomic E-state index is 0.494. The average Bonchev–Trinajstić information content (AvgIpc) is 2.88. The van der Waals surface area contributed by atoms with E-state index in [9.17, 15) is 0 Å². The first-order valence-electron chi connectivity index (χ1n) is 9.22. The van der Waals surface area contributed by atoms with Crippen molar-refractivity contribution in [2.45, 2.75) is 89.3 Å². The fraction of sp³-hybridized carbons (Fsp3) is 0.895. The molecule has 122 valence electrons. The lowest BCUT2D eigenvalue weighted by atomic mass is 10.0. The zero-order valence-corrected chi connectivity index (χ0v) is 13.7. The molecular formula is C19H34O2. The van der Waals surface area contributed by atoms with Gasteiger partial charge in [-0.3, -0.25) is 0 Å². The van der Waals surface area contributed by atoms with Gasteiger partial charge in [-0.2, -0.15) is 0 Å². The Morgan fingerprint density at radius 3 is 2.62 bits per heavy atom. The Labute approximate surface area is 132 Å². The number of unbranched alkanes of at least 4 members (excludes halogenated alkanes) is 1. The fourth-order valence-corrected chi connectivity index (χ4v) is 3.55. The van der Waals surface area contributed by atoms with Crippen LogP contribution in [0.3, 0.4) is 0 Å². The molecule has 0 spiro atoms. The SMILES string of the molecule is [CH2]CCCOC1CCCC(COC2CC[CH]CCC2)CC1. The van der Waals surface area contributed by atoms with Crippen molar-refractivity contribution in [1.29, 1.82) is 0 Å². The largest absolute Gasteiger partial charge is 0.378 e. The van der Waals surface area contributed by atoms with Gasteiger partial charge in [-0.05, 0) is 63.7 Å². The zero-order valence-electron chi connectivity index (χ0n) is 13.7. The van der Waals surface area contributed by atoms with E-state index in [-0.39, 0.29) is 0 Å². The van der Waals surface area contributed by atoms with Crippen LogP contribution in [0.1, 0.15) is 77.0 Å². The van der Waals surface area contributed by atoms with Gasteiger partial charge in [0.2, 0.25) is 0 Å². The van der Waals surface area contributed by atoms with Crippen LogP contribution in [0.15, 0.2) is 0 Å². The van der Waals surface area contributed by atoms with Crippen molar-refractivity contribution in [3.8, 4) is 0 Å². The van der Waals surface area contributed by atoms with Crippen LogP contribution in [0.25, 0.3) is 0 Å². The van der Waals surface area contributed by atoms with Gasteiger partial charge < -0.3 is 9.47 Å². The summed E-state index contributed by atoms with van der Waals surface area (Å²) in [5.41, 5.74) is 0. The van der Waals surface area contributed by atoms with Gasteiger partial charge >= 0.3 is 0 Å². The molecule has 2 nitrogen and oxygen atoms in total. The highest BCUT2D eigenvalue weighted by atomic mass is 16.5. The summed E-state index contributed by atoms with van der Waals surface area (Å²) >= 11 is 0. The molecule has 3 unspecified atom stereocenters. The highest BCUT2D eigenvalue weighted by molar-refractivity contribution is 4.76. The Morgan fingerprint density at radius 1 is 0.857 bits per heavy atom. The molecule has 2 saturated carbocycles. The molecule has 0 aromatic heterocycles. The predicted octanol–water partition coefficient (Wildman–Crippen LogP) is 5.12. The van der Waals surface area contributed by atoms with Crippen LogP contribution in [0.2, 0.25) is 0 Å². The Bertz CT molecular complexity index is 246. The summed E-state index contributed by atoms with van der Waals surface area (Å²) in [7, 11) is 0. The molecule has 2 fully saturated rings. The Hall–Kier alpha value is -0.0800. The summed E-state index contributed by atoms with van der Waals surface area (Å²) in [5.74, 6) is 0.763.